The molecule has 4 amide bonds. The highest BCUT2D eigenvalue weighted by Crippen LogP contribution is 2.35. The summed E-state index contributed by atoms with van der Waals surface area (Å²) >= 11 is 1.74. The molecular formula is C39H46FN7O7S. The number of amides is 4. The van der Waals surface area contributed by atoms with Gasteiger partial charge < -0.3 is 24.3 Å². The highest BCUT2D eigenvalue weighted by Gasteiger charge is 2.46. The standard InChI is InChI=1S/C39H46FN7O7S/c40-28-20-25(21-29-35(28)37(50)42-32(41-29)23-55-26-8-18-53-19-9-26)54-22-24-6-10-44(11-7-24)12-13-45-14-16-46(17-15-45)30-3-1-2-27-34(30)39(52)47(38(27)51)31-4-5-33(48)43-36(31)49/h1-3,20-21,24,26,31H,4-19,22-23H2,(H,41,42,50)(H,43,48,49). The fraction of sp³-hybridized carbons (Fsp3) is 0.538. The number of piperidine rings is 2. The molecule has 0 radical (unpaired) electrons. The van der Waals surface area contributed by atoms with E-state index in [2.05, 4.69) is 30.0 Å². The number of aromatic amines is 1. The van der Waals surface area contributed by atoms with Crippen LogP contribution >= 0.6 is 11.8 Å². The topological polar surface area (TPSA) is 157 Å². The normalized spacial score (nSPS) is 22.1. The summed E-state index contributed by atoms with van der Waals surface area (Å²) in [4.78, 5) is 79.1. The summed E-state index contributed by atoms with van der Waals surface area (Å²) in [7, 11) is 0. The molecule has 16 heteroatoms. The molecule has 0 spiro atoms. The van der Waals surface area contributed by atoms with E-state index >= 15 is 4.39 Å². The van der Waals surface area contributed by atoms with Gasteiger partial charge in [0, 0.05) is 76.3 Å². The highest BCUT2D eigenvalue weighted by molar-refractivity contribution is 7.99. The minimum atomic E-state index is -0.988. The molecule has 5 aliphatic rings. The zero-order chi connectivity index (χ0) is 38.1. The molecule has 3 aromatic rings. The van der Waals surface area contributed by atoms with Crippen LogP contribution in [0.15, 0.2) is 35.1 Å². The minimum absolute atomic E-state index is 0.0459. The van der Waals surface area contributed by atoms with Crippen molar-refractivity contribution in [1.29, 1.82) is 0 Å². The number of hydrogen-bond donors (Lipinski definition) is 2. The van der Waals surface area contributed by atoms with Gasteiger partial charge in [0.25, 0.3) is 17.4 Å². The van der Waals surface area contributed by atoms with Crippen LogP contribution in [0.4, 0.5) is 10.1 Å². The van der Waals surface area contributed by atoms with E-state index in [0.717, 1.165) is 83.1 Å². The van der Waals surface area contributed by atoms with Gasteiger partial charge in [-0.1, -0.05) is 6.07 Å². The maximum atomic E-state index is 15.0. The largest absolute Gasteiger partial charge is 0.493 e. The first-order valence-electron chi connectivity index (χ1n) is 19.3. The Labute approximate surface area is 322 Å². The number of anilines is 1. The molecule has 6 heterocycles. The van der Waals surface area contributed by atoms with Crippen LogP contribution in [-0.2, 0) is 20.1 Å². The van der Waals surface area contributed by atoms with Crippen molar-refractivity contribution >= 4 is 52.0 Å². The van der Waals surface area contributed by atoms with Crippen molar-refractivity contribution < 1.29 is 33.0 Å². The number of nitrogens with one attached hydrogen (secondary N) is 2. The fourth-order valence-corrected chi connectivity index (χ4v) is 9.34. The van der Waals surface area contributed by atoms with Crippen molar-refractivity contribution in [3.8, 4) is 5.75 Å². The predicted molar refractivity (Wildman–Crippen MR) is 204 cm³/mol. The smallest absolute Gasteiger partial charge is 0.264 e. The monoisotopic (exact) mass is 775 g/mol. The summed E-state index contributed by atoms with van der Waals surface area (Å²) in [5.41, 5.74) is 1.17. The lowest BCUT2D eigenvalue weighted by molar-refractivity contribution is -0.136. The summed E-state index contributed by atoms with van der Waals surface area (Å²) in [6, 6.07) is 7.23. The van der Waals surface area contributed by atoms with E-state index in [1.54, 1.807) is 30.0 Å². The van der Waals surface area contributed by atoms with Gasteiger partial charge in [-0.2, -0.15) is 11.8 Å². The van der Waals surface area contributed by atoms with E-state index in [1.807, 2.05) is 6.07 Å². The van der Waals surface area contributed by atoms with Gasteiger partial charge in [-0.25, -0.2) is 9.37 Å². The molecule has 4 fully saturated rings. The van der Waals surface area contributed by atoms with Gasteiger partial charge in [0.1, 0.15) is 28.8 Å². The van der Waals surface area contributed by atoms with Crippen LogP contribution in [0.2, 0.25) is 0 Å². The molecule has 2 N–H and O–H groups in total. The third-order valence-electron chi connectivity index (χ3n) is 11.5. The average Bonchev–Trinajstić information content (AvgIpc) is 3.45. The van der Waals surface area contributed by atoms with E-state index in [0.29, 0.717) is 70.5 Å². The Kier molecular flexibility index (Phi) is 11.2. The molecule has 8 rings (SSSR count). The number of H-pyrrole nitrogens is 1. The number of thioether (sulfide) groups is 1. The number of nitrogens with zero attached hydrogens (tertiary/aromatic N) is 5. The van der Waals surface area contributed by atoms with Gasteiger partial charge in [-0.15, -0.1) is 0 Å². The second-order valence-corrected chi connectivity index (χ2v) is 16.3. The summed E-state index contributed by atoms with van der Waals surface area (Å²) in [5, 5.41) is 2.66. The van der Waals surface area contributed by atoms with Gasteiger partial charge in [-0.05, 0) is 63.2 Å². The fourth-order valence-electron chi connectivity index (χ4n) is 8.29. The van der Waals surface area contributed by atoms with Crippen LogP contribution in [0.3, 0.4) is 0 Å². The molecule has 0 saturated carbocycles. The molecule has 0 aliphatic carbocycles. The van der Waals surface area contributed by atoms with Crippen molar-refractivity contribution in [2.45, 2.75) is 55.6 Å². The highest BCUT2D eigenvalue weighted by atomic mass is 32.2. The Morgan fingerprint density at radius 1 is 0.891 bits per heavy atom. The molecule has 4 saturated heterocycles. The minimum Gasteiger partial charge on any atom is -0.493 e. The average molecular weight is 776 g/mol. The van der Waals surface area contributed by atoms with Crippen molar-refractivity contribution in [3.63, 3.8) is 0 Å². The van der Waals surface area contributed by atoms with Crippen LogP contribution in [0.5, 0.6) is 5.75 Å². The van der Waals surface area contributed by atoms with Gasteiger partial charge in [0.2, 0.25) is 11.8 Å². The van der Waals surface area contributed by atoms with E-state index in [-0.39, 0.29) is 18.2 Å². The SMILES string of the molecule is O=C1CCC(N2C(=O)c3cccc(N4CCN(CCN5CCC(COc6cc(F)c7c(=O)[nH]c(CSC8CCOCC8)nc7c6)CC5)CC4)c3C2=O)C(=O)N1. The van der Waals surface area contributed by atoms with Gasteiger partial charge >= 0.3 is 0 Å². The number of halogens is 1. The van der Waals surface area contributed by atoms with Crippen molar-refractivity contribution in [3.05, 3.63) is 63.5 Å². The number of likely N-dealkylation sites (tertiary alicyclic amines) is 1. The Morgan fingerprint density at radius 2 is 1.64 bits per heavy atom. The zero-order valence-corrected chi connectivity index (χ0v) is 31.5. The van der Waals surface area contributed by atoms with E-state index in [9.17, 15) is 24.0 Å². The molecule has 1 unspecified atom stereocenters. The molecular weight excluding hydrogens is 730 g/mol. The predicted octanol–water partition coefficient (Wildman–Crippen LogP) is 2.79. The number of piperazine rings is 1. The number of hydrogen-bond acceptors (Lipinski definition) is 12. The number of fused-ring (bicyclic) bond motifs is 2. The van der Waals surface area contributed by atoms with Crippen LogP contribution in [0.25, 0.3) is 10.9 Å². The first-order chi connectivity index (χ1) is 26.7. The van der Waals surface area contributed by atoms with Crippen molar-refractivity contribution in [2.75, 3.05) is 77.1 Å². The van der Waals surface area contributed by atoms with E-state index < -0.39 is 41.0 Å². The second kappa shape index (κ2) is 16.4. The van der Waals surface area contributed by atoms with Crippen LogP contribution in [0.1, 0.15) is 65.1 Å². The Morgan fingerprint density at radius 3 is 2.38 bits per heavy atom. The van der Waals surface area contributed by atoms with Gasteiger partial charge in [0.05, 0.1) is 34.7 Å². The zero-order valence-electron chi connectivity index (χ0n) is 30.7. The van der Waals surface area contributed by atoms with Crippen LogP contribution in [-0.4, -0.2) is 132 Å². The first kappa shape index (κ1) is 37.5. The number of carbonyl (C=O) groups is 4. The molecule has 0 bridgehead atoms. The molecule has 1 aromatic heterocycles. The van der Waals surface area contributed by atoms with Gasteiger partial charge in [0.15, 0.2) is 0 Å². The third-order valence-corrected chi connectivity index (χ3v) is 12.9. The quantitative estimate of drug-likeness (QED) is 0.275. The summed E-state index contributed by atoms with van der Waals surface area (Å²) in [6.45, 7) is 8.73. The summed E-state index contributed by atoms with van der Waals surface area (Å²) in [6.07, 6.45) is 4.09. The van der Waals surface area contributed by atoms with Crippen LogP contribution in [0, 0.1) is 11.7 Å². The van der Waals surface area contributed by atoms with Gasteiger partial charge in [-0.3, -0.25) is 39.1 Å². The number of benzene rings is 2. The number of aromatic nitrogens is 2. The maximum absolute atomic E-state index is 15.0. The molecule has 2 aromatic carbocycles. The number of imide groups is 2. The Hall–Kier alpha value is -4.38. The number of carbonyl (C=O) groups excluding carboxylic acids is 4. The Balaban J connectivity index is 0.787. The third kappa shape index (κ3) is 8.13. The molecule has 14 nitrogen and oxygen atoms in total. The first-order valence-corrected chi connectivity index (χ1v) is 20.4. The number of rotatable bonds is 11. The van der Waals surface area contributed by atoms with Crippen molar-refractivity contribution in [2.24, 2.45) is 5.92 Å². The summed E-state index contributed by atoms with van der Waals surface area (Å²) in [5.74, 6) is -0.809. The Bertz CT molecular complexity index is 2030. The second-order valence-electron chi connectivity index (χ2n) is 15.0. The lowest BCUT2D eigenvalue weighted by Gasteiger charge is -2.38. The molecule has 1 atom stereocenters. The lowest BCUT2D eigenvalue weighted by atomic mass is 9.98. The number of ether oxygens (including phenoxy) is 2. The van der Waals surface area contributed by atoms with E-state index in [1.165, 1.54) is 6.07 Å². The van der Waals surface area contributed by atoms with Crippen LogP contribution < -0.4 is 20.5 Å². The molecule has 292 valence electrons. The van der Waals surface area contributed by atoms with E-state index in [4.69, 9.17) is 9.47 Å². The molecule has 5 aliphatic heterocycles. The maximum Gasteiger partial charge on any atom is 0.264 e. The summed E-state index contributed by atoms with van der Waals surface area (Å²) < 4.78 is 26.5. The van der Waals surface area contributed by atoms with Crippen molar-refractivity contribution in [1.82, 2.24) is 30.0 Å². The molecule has 55 heavy (non-hydrogen) atoms. The lowest BCUT2D eigenvalue weighted by Crippen LogP contribution is -2.54.